The van der Waals surface area contributed by atoms with Crippen molar-refractivity contribution in [3.63, 3.8) is 0 Å². The van der Waals surface area contributed by atoms with Crippen molar-refractivity contribution in [3.05, 3.63) is 61.6 Å². The highest BCUT2D eigenvalue weighted by Crippen LogP contribution is 2.33. The van der Waals surface area contributed by atoms with Gasteiger partial charge < -0.3 is 25.3 Å². The summed E-state index contributed by atoms with van der Waals surface area (Å²) in [5.74, 6) is 0.636. The van der Waals surface area contributed by atoms with Gasteiger partial charge in [0.05, 0.1) is 0 Å². The lowest BCUT2D eigenvalue weighted by Gasteiger charge is -2.38. The summed E-state index contributed by atoms with van der Waals surface area (Å²) in [6.45, 7) is 13.3. The maximum Gasteiger partial charge on any atom is 0.253 e. The van der Waals surface area contributed by atoms with Gasteiger partial charge in [-0.05, 0) is 96.3 Å². The summed E-state index contributed by atoms with van der Waals surface area (Å²) in [7, 11) is 4.27. The number of aryl methyl sites for hydroxylation is 3. The van der Waals surface area contributed by atoms with Gasteiger partial charge in [0.15, 0.2) is 0 Å². The molecule has 2 aromatic rings. The van der Waals surface area contributed by atoms with Crippen LogP contribution in [0.15, 0.2) is 16.9 Å². The Bertz CT molecular complexity index is 1150. The van der Waals surface area contributed by atoms with Gasteiger partial charge in [-0.15, -0.1) is 0 Å². The van der Waals surface area contributed by atoms with E-state index in [0.717, 1.165) is 72.3 Å². The van der Waals surface area contributed by atoms with Gasteiger partial charge in [0.1, 0.15) is 11.9 Å². The van der Waals surface area contributed by atoms with Gasteiger partial charge in [0.2, 0.25) is 0 Å². The first-order valence-corrected chi connectivity index (χ1v) is 13.7. The molecule has 1 amide bonds. The zero-order valence-electron chi connectivity index (χ0n) is 24.0. The van der Waals surface area contributed by atoms with E-state index in [-0.39, 0.29) is 30.2 Å². The standard InChI is InChI=1S/C30H46N4O3/c1-9-11-27(26-13-12-23(16-31-26)34(7)8)37-28-20(5)22(10-2)15-24(21(28)6)29(35)32-17-25-18(3)14-19(4)33-30(25)36/h14-15,23,26-27,31H,9-13,16-17H2,1-8H3,(H,32,35)(H,33,36). The summed E-state index contributed by atoms with van der Waals surface area (Å²) in [5.41, 5.74) is 5.78. The van der Waals surface area contributed by atoms with Crippen molar-refractivity contribution in [3.8, 4) is 5.75 Å². The second-order valence-corrected chi connectivity index (χ2v) is 10.8. The third-order valence-electron chi connectivity index (χ3n) is 7.88. The van der Waals surface area contributed by atoms with Crippen molar-refractivity contribution in [2.24, 2.45) is 0 Å². The monoisotopic (exact) mass is 510 g/mol. The number of aromatic amines is 1. The average molecular weight is 511 g/mol. The molecule has 204 valence electrons. The van der Waals surface area contributed by atoms with E-state index >= 15 is 0 Å². The van der Waals surface area contributed by atoms with E-state index in [0.29, 0.717) is 17.2 Å². The van der Waals surface area contributed by atoms with Crippen LogP contribution in [0.5, 0.6) is 5.75 Å². The highest BCUT2D eigenvalue weighted by atomic mass is 16.5. The van der Waals surface area contributed by atoms with Gasteiger partial charge in [-0.3, -0.25) is 9.59 Å². The van der Waals surface area contributed by atoms with Gasteiger partial charge in [-0.2, -0.15) is 0 Å². The van der Waals surface area contributed by atoms with Crippen LogP contribution in [-0.2, 0) is 13.0 Å². The molecule has 1 saturated heterocycles. The van der Waals surface area contributed by atoms with Crippen molar-refractivity contribution in [2.75, 3.05) is 20.6 Å². The molecule has 0 saturated carbocycles. The number of pyridine rings is 1. The number of piperidine rings is 1. The molecule has 3 unspecified atom stereocenters. The predicted molar refractivity (Wildman–Crippen MR) is 151 cm³/mol. The maximum atomic E-state index is 13.4. The molecule has 1 fully saturated rings. The average Bonchev–Trinajstić information content (AvgIpc) is 2.85. The first-order valence-electron chi connectivity index (χ1n) is 13.7. The number of benzene rings is 1. The van der Waals surface area contributed by atoms with E-state index in [1.54, 1.807) is 0 Å². The van der Waals surface area contributed by atoms with Crippen molar-refractivity contribution < 1.29 is 9.53 Å². The first kappa shape index (κ1) is 28.9. The third kappa shape index (κ3) is 6.82. The van der Waals surface area contributed by atoms with Crippen molar-refractivity contribution in [1.29, 1.82) is 0 Å². The van der Waals surface area contributed by atoms with Crippen LogP contribution >= 0.6 is 0 Å². The van der Waals surface area contributed by atoms with Gasteiger partial charge in [-0.25, -0.2) is 0 Å². The zero-order chi connectivity index (χ0) is 27.3. The van der Waals surface area contributed by atoms with Gasteiger partial charge in [0, 0.05) is 47.6 Å². The second-order valence-electron chi connectivity index (χ2n) is 10.8. The van der Waals surface area contributed by atoms with Gasteiger partial charge in [-0.1, -0.05) is 20.3 Å². The number of aromatic nitrogens is 1. The summed E-state index contributed by atoms with van der Waals surface area (Å²) in [6, 6.07) is 4.74. The van der Waals surface area contributed by atoms with Crippen molar-refractivity contribution in [1.82, 2.24) is 20.5 Å². The summed E-state index contributed by atoms with van der Waals surface area (Å²) in [5, 5.41) is 6.72. The Morgan fingerprint density at radius 3 is 2.43 bits per heavy atom. The summed E-state index contributed by atoms with van der Waals surface area (Å²) in [4.78, 5) is 30.9. The molecule has 1 aromatic carbocycles. The van der Waals surface area contributed by atoms with Crippen LogP contribution in [0.3, 0.4) is 0 Å². The van der Waals surface area contributed by atoms with Crippen LogP contribution in [-0.4, -0.2) is 54.6 Å². The SMILES string of the molecule is CCCC(Oc1c(C)c(CC)cc(C(=O)NCc2c(C)cc(C)[nH]c2=O)c1C)C1CCC(N(C)C)CN1. The number of ether oxygens (including phenoxy) is 1. The lowest BCUT2D eigenvalue weighted by Crippen LogP contribution is -2.53. The number of likely N-dealkylation sites (N-methyl/N-ethyl adjacent to an activating group) is 1. The molecule has 1 aliphatic rings. The molecule has 0 aliphatic carbocycles. The minimum Gasteiger partial charge on any atom is -0.488 e. The number of H-pyrrole nitrogens is 1. The molecule has 3 N–H and O–H groups in total. The minimum absolute atomic E-state index is 0.0438. The second kappa shape index (κ2) is 12.7. The topological polar surface area (TPSA) is 86.5 Å². The number of rotatable bonds is 10. The number of hydrogen-bond acceptors (Lipinski definition) is 5. The van der Waals surface area contributed by atoms with Crippen LogP contribution in [0.4, 0.5) is 0 Å². The Labute approximate surface area is 222 Å². The quantitative estimate of drug-likeness (QED) is 0.443. The zero-order valence-corrected chi connectivity index (χ0v) is 24.0. The van der Waals surface area contributed by atoms with E-state index in [1.165, 1.54) is 0 Å². The molecule has 3 rings (SSSR count). The molecule has 0 spiro atoms. The van der Waals surface area contributed by atoms with E-state index < -0.39 is 0 Å². The third-order valence-corrected chi connectivity index (χ3v) is 7.88. The Morgan fingerprint density at radius 2 is 1.86 bits per heavy atom. The molecule has 7 nitrogen and oxygen atoms in total. The Hall–Kier alpha value is -2.64. The molecule has 3 atom stereocenters. The number of hydrogen-bond donors (Lipinski definition) is 3. The number of carbonyl (C=O) groups is 1. The molecule has 2 heterocycles. The van der Waals surface area contributed by atoms with Crippen LogP contribution in [0.25, 0.3) is 0 Å². The molecule has 1 aliphatic heterocycles. The van der Waals surface area contributed by atoms with E-state index in [9.17, 15) is 9.59 Å². The number of amides is 1. The number of carbonyl (C=O) groups excluding carboxylic acids is 1. The molecule has 7 heteroatoms. The molecular formula is C30H46N4O3. The summed E-state index contributed by atoms with van der Waals surface area (Å²) < 4.78 is 6.79. The molecule has 0 bridgehead atoms. The highest BCUT2D eigenvalue weighted by molar-refractivity contribution is 5.96. The van der Waals surface area contributed by atoms with Crippen LogP contribution in [0, 0.1) is 27.7 Å². The van der Waals surface area contributed by atoms with E-state index in [1.807, 2.05) is 32.9 Å². The number of nitrogens with one attached hydrogen (secondary N) is 3. The minimum atomic E-state index is -0.187. The molecule has 1 aromatic heterocycles. The normalized spacial score (nSPS) is 18.6. The molecule has 37 heavy (non-hydrogen) atoms. The molecule has 0 radical (unpaired) electrons. The van der Waals surface area contributed by atoms with Crippen molar-refractivity contribution in [2.45, 2.75) is 98.4 Å². The van der Waals surface area contributed by atoms with Crippen LogP contribution in [0.1, 0.15) is 83.4 Å². The fourth-order valence-corrected chi connectivity index (χ4v) is 5.48. The fraction of sp³-hybridized carbons (Fsp3) is 0.600. The highest BCUT2D eigenvalue weighted by Gasteiger charge is 2.30. The van der Waals surface area contributed by atoms with E-state index in [4.69, 9.17) is 4.74 Å². The Morgan fingerprint density at radius 1 is 1.14 bits per heavy atom. The van der Waals surface area contributed by atoms with Gasteiger partial charge >= 0.3 is 0 Å². The van der Waals surface area contributed by atoms with E-state index in [2.05, 4.69) is 55.4 Å². The fourth-order valence-electron chi connectivity index (χ4n) is 5.48. The maximum absolute atomic E-state index is 13.4. The summed E-state index contributed by atoms with van der Waals surface area (Å²) >= 11 is 0. The Balaban J connectivity index is 1.85. The largest absolute Gasteiger partial charge is 0.488 e. The number of nitrogens with zero attached hydrogens (tertiary/aromatic N) is 1. The van der Waals surface area contributed by atoms with Crippen molar-refractivity contribution >= 4 is 5.91 Å². The smallest absolute Gasteiger partial charge is 0.253 e. The Kier molecular flexibility index (Phi) is 9.96. The van der Waals surface area contributed by atoms with Crippen LogP contribution in [0.2, 0.25) is 0 Å². The predicted octanol–water partition coefficient (Wildman–Crippen LogP) is 4.33. The summed E-state index contributed by atoms with van der Waals surface area (Å²) in [6.07, 6.45) is 5.05. The lowest BCUT2D eigenvalue weighted by molar-refractivity contribution is 0.0943. The molecular weight excluding hydrogens is 464 g/mol. The lowest BCUT2D eigenvalue weighted by atomic mass is 9.93. The van der Waals surface area contributed by atoms with Gasteiger partial charge in [0.25, 0.3) is 11.5 Å². The van der Waals surface area contributed by atoms with Crippen LogP contribution < -0.4 is 20.9 Å². The first-order chi connectivity index (χ1) is 17.6.